The molecule has 7 amide bonds. The van der Waals surface area contributed by atoms with Crippen molar-refractivity contribution in [2.24, 2.45) is 0 Å². The number of alkyl halides is 2. The van der Waals surface area contributed by atoms with Gasteiger partial charge in [0.2, 0.25) is 35.4 Å². The van der Waals surface area contributed by atoms with E-state index in [2.05, 4.69) is 59.7 Å². The number of terminal acetylenes is 1. The number of aliphatic carboxylic acids is 1. The van der Waals surface area contributed by atoms with Crippen LogP contribution in [-0.2, 0) is 59.0 Å². The lowest BCUT2D eigenvalue weighted by atomic mass is 10.0. The lowest BCUT2D eigenvalue weighted by molar-refractivity contribution is -0.140. The minimum atomic E-state index is -3.11. The lowest BCUT2D eigenvalue weighted by Crippen LogP contribution is -2.53. The highest BCUT2D eigenvalue weighted by Crippen LogP contribution is 2.32. The normalized spacial score (nSPS) is 17.9. The topological polar surface area (TPSA) is 302 Å². The molecule has 4 heterocycles. The van der Waals surface area contributed by atoms with Crippen molar-refractivity contribution in [1.82, 2.24) is 60.6 Å². The molecule has 90 heavy (non-hydrogen) atoms. The molecule has 0 spiro atoms. The number of rotatable bonds is 31. The number of hydrogen-bond donors (Lipinski definition) is 5. The fourth-order valence-electron chi connectivity index (χ4n) is 10.6. The molecule has 3 aromatic rings. The summed E-state index contributed by atoms with van der Waals surface area (Å²) in [6.07, 6.45) is 8.77. The molecule has 0 aliphatic carbocycles. The number of aryl methyl sites for hydroxylation is 1. The van der Waals surface area contributed by atoms with Crippen molar-refractivity contribution in [1.29, 1.82) is 0 Å². The third-order valence-electron chi connectivity index (χ3n) is 15.6. The molecule has 26 nitrogen and oxygen atoms in total. The minimum Gasteiger partial charge on any atom is -0.494 e. The van der Waals surface area contributed by atoms with E-state index in [1.807, 2.05) is 34.1 Å². The highest BCUT2D eigenvalue weighted by atomic mass is 127. The summed E-state index contributed by atoms with van der Waals surface area (Å²) in [7, 11) is 0. The van der Waals surface area contributed by atoms with Crippen LogP contribution in [0.15, 0.2) is 54.7 Å². The predicted molar refractivity (Wildman–Crippen MR) is 332 cm³/mol. The maximum Gasteiger partial charge on any atom is 0.317 e. The van der Waals surface area contributed by atoms with E-state index in [4.69, 9.17) is 20.6 Å². The van der Waals surface area contributed by atoms with E-state index in [0.29, 0.717) is 114 Å². The first-order valence-electron chi connectivity index (χ1n) is 30.0. The van der Waals surface area contributed by atoms with E-state index in [1.165, 1.54) is 12.3 Å². The van der Waals surface area contributed by atoms with Crippen LogP contribution >= 0.6 is 22.6 Å². The first-order chi connectivity index (χ1) is 43.2. The van der Waals surface area contributed by atoms with Gasteiger partial charge in [-0.25, -0.2) is 8.78 Å². The number of fused-ring (bicyclic) bond motifs is 1. The van der Waals surface area contributed by atoms with Gasteiger partial charge in [0.1, 0.15) is 31.7 Å². The number of aromatic nitrogens is 1. The third kappa shape index (κ3) is 24.7. The van der Waals surface area contributed by atoms with Gasteiger partial charge in [-0.3, -0.25) is 82.7 Å². The summed E-state index contributed by atoms with van der Waals surface area (Å²) in [4.78, 5) is 144. The van der Waals surface area contributed by atoms with Gasteiger partial charge in [-0.15, -0.1) is 6.42 Å². The number of amides is 7. The molecule has 1 aromatic heterocycles. The first-order valence-corrected chi connectivity index (χ1v) is 31.1. The van der Waals surface area contributed by atoms with Gasteiger partial charge in [-0.1, -0.05) is 18.1 Å². The standard InChI is InChI=1S/C61H81F2IN12O14/c1-3-47-35-61(62,63)39-76(47)57(83)36-66-59(86)49-17-18-65-51-16-14-48(33-50(49)51)90-32-5-4-19-70-28-30-75(31-29-70)56(82)34-54(80)69-60(87)52(15-9-44(2)67-53(79)8-6-7-45-10-12-46(64)13-11-45)68-55(81)37-71-20-21-72(38-58(84)85)23-25-74(41-89-43-78)27-26-73(24-22-71)40-88-42-77/h1,10-14,16-18,33,42-44,47,52H,4-9,15,19-32,34-41H2,2H3,(H,66,86)(H,67,79)(H,68,81)(H,84,85)(H,69,80,87)/t44-,47+,52+/m1/s1. The van der Waals surface area contributed by atoms with Crippen molar-refractivity contribution in [2.45, 2.75) is 88.8 Å². The highest BCUT2D eigenvalue weighted by Gasteiger charge is 2.46. The Balaban J connectivity index is 0.981. The number of likely N-dealkylation sites (tertiary alicyclic amines) is 1. The van der Waals surface area contributed by atoms with Crippen LogP contribution in [0.3, 0.4) is 0 Å². The summed E-state index contributed by atoms with van der Waals surface area (Å²) in [6.45, 7) is 5.47. The molecule has 5 N–H and O–H groups in total. The number of nitrogens with one attached hydrogen (secondary N) is 4. The molecule has 3 saturated heterocycles. The Morgan fingerprint density at radius 2 is 1.40 bits per heavy atom. The van der Waals surface area contributed by atoms with Gasteiger partial charge >= 0.3 is 5.97 Å². The Kier molecular flexibility index (Phi) is 29.4. The summed E-state index contributed by atoms with van der Waals surface area (Å²) >= 11 is 2.23. The average Bonchev–Trinajstić information content (AvgIpc) is 2.15. The van der Waals surface area contributed by atoms with E-state index in [9.17, 15) is 61.8 Å². The van der Waals surface area contributed by atoms with Gasteiger partial charge < -0.3 is 45.1 Å². The predicted octanol–water partition coefficient (Wildman–Crippen LogP) is 1.13. The number of carbonyl (C=O) groups excluding carboxylic acids is 9. The molecule has 29 heteroatoms. The number of nitrogens with zero attached hydrogens (tertiary/aromatic N) is 8. The molecule has 0 bridgehead atoms. The summed E-state index contributed by atoms with van der Waals surface area (Å²) in [5.41, 5.74) is 1.82. The third-order valence-corrected chi connectivity index (χ3v) is 16.3. The number of halogens is 3. The van der Waals surface area contributed by atoms with Gasteiger partial charge in [-0.05, 0) is 117 Å². The SMILES string of the molecule is C#C[C@H]1CC(F)(F)CN1C(=O)CNC(=O)c1ccnc2ccc(OCCCCN3CCN(C(=O)CC(=O)NC(=O)[C@H](CC[C@@H](C)NC(=O)CCCc4ccc(I)cc4)NC(=O)CN4CCN(COC=O)CCN(COC=O)CCN(CC(=O)O)CC4)CC3)cc12. The Morgan fingerprint density at radius 3 is 2.03 bits per heavy atom. The zero-order valence-corrected chi connectivity index (χ0v) is 52.8. The summed E-state index contributed by atoms with van der Waals surface area (Å²) in [5.74, 6) is -5.77. The number of ether oxygens (including phenoxy) is 3. The van der Waals surface area contributed by atoms with E-state index in [-0.39, 0.29) is 83.5 Å². The molecule has 6 rings (SSSR count). The van der Waals surface area contributed by atoms with Gasteiger partial charge in [0.25, 0.3) is 24.8 Å². The smallest absolute Gasteiger partial charge is 0.317 e. The minimum absolute atomic E-state index is 0.00386. The zero-order valence-electron chi connectivity index (χ0n) is 50.6. The van der Waals surface area contributed by atoms with Crippen molar-refractivity contribution < 1.29 is 76.0 Å². The van der Waals surface area contributed by atoms with E-state index in [0.717, 1.165) is 20.5 Å². The number of carboxylic acids is 1. The second-order valence-corrected chi connectivity index (χ2v) is 23.7. The number of piperazine rings is 1. The quantitative estimate of drug-likeness (QED) is 0.0198. The molecule has 3 aliphatic rings. The average molecular weight is 1370 g/mol. The molecule has 3 atom stereocenters. The van der Waals surface area contributed by atoms with Crippen LogP contribution in [0.2, 0.25) is 0 Å². The Labute approximate surface area is 535 Å². The molecule has 0 unspecified atom stereocenters. The summed E-state index contributed by atoms with van der Waals surface area (Å²) in [6, 6.07) is 11.8. The second-order valence-electron chi connectivity index (χ2n) is 22.5. The number of pyridine rings is 1. The second kappa shape index (κ2) is 37.0. The molecule has 3 fully saturated rings. The zero-order chi connectivity index (χ0) is 65.0. The number of benzene rings is 2. The van der Waals surface area contributed by atoms with Gasteiger partial charge in [0.05, 0.1) is 49.9 Å². The fourth-order valence-corrected chi connectivity index (χ4v) is 11.0. The van der Waals surface area contributed by atoms with Crippen LogP contribution < -0.4 is 26.0 Å². The maximum absolute atomic E-state index is 14.0. The number of unbranched alkanes of at least 4 members (excludes halogenated alkanes) is 1. The van der Waals surface area contributed by atoms with Crippen LogP contribution in [-0.4, -0.2) is 260 Å². The number of imide groups is 1. The van der Waals surface area contributed by atoms with Gasteiger partial charge in [0, 0.05) is 113 Å². The first kappa shape index (κ1) is 71.6. The van der Waals surface area contributed by atoms with Gasteiger partial charge in [-0.2, -0.15) is 0 Å². The summed E-state index contributed by atoms with van der Waals surface area (Å²) in [5, 5.41) is 20.7. The van der Waals surface area contributed by atoms with Crippen LogP contribution in [0.5, 0.6) is 5.75 Å². The molecular weight excluding hydrogens is 1290 g/mol. The number of carboxylic acid groups (broad SMARTS) is 1. The van der Waals surface area contributed by atoms with Crippen molar-refractivity contribution in [3.8, 4) is 18.1 Å². The van der Waals surface area contributed by atoms with Crippen molar-refractivity contribution in [3.63, 3.8) is 0 Å². The van der Waals surface area contributed by atoms with Crippen LogP contribution in [0, 0.1) is 15.9 Å². The molecule has 0 saturated carbocycles. The molecule has 0 radical (unpaired) electrons. The van der Waals surface area contributed by atoms with Crippen molar-refractivity contribution in [2.75, 3.05) is 131 Å². The Bertz CT molecular complexity index is 2970. The molecule has 490 valence electrons. The largest absolute Gasteiger partial charge is 0.494 e. The van der Waals surface area contributed by atoms with Crippen LogP contribution in [0.4, 0.5) is 8.78 Å². The lowest BCUT2D eigenvalue weighted by Gasteiger charge is -2.34. The Hall–Kier alpha value is -7.50. The highest BCUT2D eigenvalue weighted by molar-refractivity contribution is 14.1. The van der Waals surface area contributed by atoms with Crippen molar-refractivity contribution in [3.05, 3.63) is 69.4 Å². The molecule has 3 aliphatic heterocycles. The monoisotopic (exact) mass is 1370 g/mol. The van der Waals surface area contributed by atoms with E-state index < -0.39 is 91.4 Å². The molecular formula is C61H81F2IN12O14. The maximum atomic E-state index is 14.0. The molecule has 2 aromatic carbocycles. The Morgan fingerprint density at radius 1 is 0.767 bits per heavy atom. The number of carbonyl (C=O) groups is 10. The van der Waals surface area contributed by atoms with E-state index in [1.54, 1.807) is 39.8 Å². The van der Waals surface area contributed by atoms with E-state index >= 15 is 0 Å². The fraction of sp³-hybridized carbons (Fsp3) is 0.557. The van der Waals surface area contributed by atoms with Gasteiger partial charge in [0.15, 0.2) is 0 Å². The summed E-state index contributed by atoms with van der Waals surface area (Å²) < 4.78 is 45.1. The van der Waals surface area contributed by atoms with Crippen LogP contribution in [0.1, 0.15) is 74.2 Å². The van der Waals surface area contributed by atoms with Crippen molar-refractivity contribution >= 4 is 93.8 Å². The number of hydrogen-bond acceptors (Lipinski definition) is 19. The van der Waals surface area contributed by atoms with Crippen LogP contribution in [0.25, 0.3) is 10.9 Å².